The largest absolute Gasteiger partial charge is 0.508 e. The third-order valence-corrected chi connectivity index (χ3v) is 5.42. The molecular formula is C26H32O5. The Labute approximate surface area is 184 Å². The van der Waals surface area contributed by atoms with Crippen LogP contribution in [0.5, 0.6) is 23.0 Å². The Bertz CT molecular complexity index is 939. The zero-order valence-corrected chi connectivity index (χ0v) is 18.9. The number of phenolic OH excluding ortho intramolecular Hbond substituents is 1. The number of hydrogen-bond donors (Lipinski definition) is 1. The number of ether oxygens (including phenoxy) is 3. The molecular weight excluding hydrogens is 392 g/mol. The van der Waals surface area contributed by atoms with Gasteiger partial charge in [-0.25, -0.2) is 0 Å². The summed E-state index contributed by atoms with van der Waals surface area (Å²) < 4.78 is 18.1. The minimum Gasteiger partial charge on any atom is -0.508 e. The first-order valence-corrected chi connectivity index (χ1v) is 10.9. The molecule has 31 heavy (non-hydrogen) atoms. The predicted octanol–water partition coefficient (Wildman–Crippen LogP) is 6.19. The Morgan fingerprint density at radius 2 is 1.94 bits per heavy atom. The van der Waals surface area contributed by atoms with E-state index in [9.17, 15) is 9.90 Å². The molecule has 0 saturated carbocycles. The van der Waals surface area contributed by atoms with Crippen molar-refractivity contribution in [2.45, 2.75) is 59.0 Å². The van der Waals surface area contributed by atoms with Crippen LogP contribution in [-0.2, 0) is 6.42 Å². The lowest BCUT2D eigenvalue weighted by Gasteiger charge is -2.29. The number of hydrogen-bond acceptors (Lipinski definition) is 5. The number of fused-ring (bicyclic) bond motifs is 1. The molecule has 5 nitrogen and oxygen atoms in total. The van der Waals surface area contributed by atoms with E-state index in [1.807, 2.05) is 19.9 Å². The van der Waals surface area contributed by atoms with Gasteiger partial charge in [-0.1, -0.05) is 43.5 Å². The first-order valence-electron chi connectivity index (χ1n) is 10.9. The maximum absolute atomic E-state index is 13.2. The van der Waals surface area contributed by atoms with Crippen LogP contribution in [0.4, 0.5) is 0 Å². The smallest absolute Gasteiger partial charge is 0.174 e. The van der Waals surface area contributed by atoms with Crippen molar-refractivity contribution in [2.75, 3.05) is 13.7 Å². The van der Waals surface area contributed by atoms with E-state index in [2.05, 4.69) is 13.0 Å². The van der Waals surface area contributed by atoms with Crippen LogP contribution in [0.2, 0.25) is 0 Å². The highest BCUT2D eigenvalue weighted by Gasteiger charge is 2.34. The normalized spacial score (nSPS) is 15.1. The van der Waals surface area contributed by atoms with Crippen LogP contribution in [0.3, 0.4) is 0 Å². The van der Waals surface area contributed by atoms with Crippen LogP contribution in [0.1, 0.15) is 74.0 Å². The molecule has 0 aromatic heterocycles. The van der Waals surface area contributed by atoms with E-state index in [4.69, 9.17) is 14.2 Å². The zero-order chi connectivity index (χ0) is 22.4. The lowest BCUT2D eigenvalue weighted by Crippen LogP contribution is -2.22. The summed E-state index contributed by atoms with van der Waals surface area (Å²) in [6, 6.07) is 8.61. The molecule has 0 aliphatic carbocycles. The van der Waals surface area contributed by atoms with Crippen molar-refractivity contribution >= 4 is 5.78 Å². The number of benzene rings is 2. The third kappa shape index (κ3) is 5.40. The second-order valence-electron chi connectivity index (χ2n) is 8.13. The highest BCUT2D eigenvalue weighted by atomic mass is 16.5. The van der Waals surface area contributed by atoms with Crippen molar-refractivity contribution in [3.63, 3.8) is 0 Å². The average Bonchev–Trinajstić information content (AvgIpc) is 2.75. The number of rotatable bonds is 9. The fourth-order valence-electron chi connectivity index (χ4n) is 3.70. The van der Waals surface area contributed by atoms with Gasteiger partial charge in [-0.3, -0.25) is 4.79 Å². The van der Waals surface area contributed by atoms with Crippen LogP contribution in [0.15, 0.2) is 42.0 Å². The highest BCUT2D eigenvalue weighted by molar-refractivity contribution is 6.03. The summed E-state index contributed by atoms with van der Waals surface area (Å²) in [5, 5.41) is 9.61. The summed E-state index contributed by atoms with van der Waals surface area (Å²) in [5.41, 5.74) is 3.37. The van der Waals surface area contributed by atoms with E-state index in [0.717, 1.165) is 30.4 Å². The number of carbonyl (C=O) groups excluding carboxylic acids is 1. The minimum absolute atomic E-state index is 0.0212. The van der Waals surface area contributed by atoms with Gasteiger partial charge in [0.1, 0.15) is 34.7 Å². The maximum atomic E-state index is 13.2. The van der Waals surface area contributed by atoms with E-state index >= 15 is 0 Å². The topological polar surface area (TPSA) is 65.0 Å². The molecule has 0 saturated heterocycles. The molecule has 0 spiro atoms. The van der Waals surface area contributed by atoms with Crippen LogP contribution in [-0.4, -0.2) is 24.6 Å². The Hall–Kier alpha value is -2.95. The Morgan fingerprint density at radius 3 is 2.58 bits per heavy atom. The number of unbranched alkanes of at least 4 members (excludes halogenated alkanes) is 2. The fourth-order valence-corrected chi connectivity index (χ4v) is 3.70. The molecule has 0 unspecified atom stereocenters. The first-order chi connectivity index (χ1) is 14.9. The standard InChI is InChI=1S/C26H32O5/c1-5-6-7-14-30-23-16-24(29-4)25-21(28)15-22(18-9-11-19(27)12-10-18)31-26(25)20(23)13-8-17(2)3/h8-12,16,22,27H,5-7,13-15H2,1-4H3/t22-/m0/s1. The summed E-state index contributed by atoms with van der Waals surface area (Å²) in [5.74, 6) is 1.88. The van der Waals surface area contributed by atoms with E-state index in [0.29, 0.717) is 35.8 Å². The third-order valence-electron chi connectivity index (χ3n) is 5.42. The molecule has 2 aromatic carbocycles. The SMILES string of the molecule is CCCCCOc1cc(OC)c2c(c1CC=C(C)C)O[C@H](c1ccc(O)cc1)CC2=O. The van der Waals surface area contributed by atoms with Gasteiger partial charge in [-0.2, -0.15) is 0 Å². The van der Waals surface area contributed by atoms with Crippen molar-refractivity contribution in [2.24, 2.45) is 0 Å². The molecule has 5 heteroatoms. The van der Waals surface area contributed by atoms with Gasteiger partial charge in [0.2, 0.25) is 0 Å². The van der Waals surface area contributed by atoms with Gasteiger partial charge in [-0.15, -0.1) is 0 Å². The summed E-state index contributed by atoms with van der Waals surface area (Å²) >= 11 is 0. The van der Waals surface area contributed by atoms with Crippen molar-refractivity contribution in [1.82, 2.24) is 0 Å². The Balaban J connectivity index is 2.05. The van der Waals surface area contributed by atoms with E-state index in [1.165, 1.54) is 5.57 Å². The van der Waals surface area contributed by atoms with E-state index in [1.54, 1.807) is 31.4 Å². The van der Waals surface area contributed by atoms with Gasteiger partial charge in [0.05, 0.1) is 20.1 Å². The molecule has 1 aliphatic heterocycles. The number of aromatic hydroxyl groups is 1. The summed E-state index contributed by atoms with van der Waals surface area (Å²) in [4.78, 5) is 13.2. The molecule has 1 N–H and O–H groups in total. The molecule has 0 bridgehead atoms. The zero-order valence-electron chi connectivity index (χ0n) is 18.9. The molecule has 1 atom stereocenters. The van der Waals surface area contributed by atoms with Crippen molar-refractivity contribution < 1.29 is 24.1 Å². The molecule has 166 valence electrons. The fraction of sp³-hybridized carbons (Fsp3) is 0.423. The number of allylic oxidation sites excluding steroid dienone is 2. The van der Waals surface area contributed by atoms with Crippen molar-refractivity contribution in [1.29, 1.82) is 0 Å². The summed E-state index contributed by atoms with van der Waals surface area (Å²) in [6.07, 6.45) is 5.69. The van der Waals surface area contributed by atoms with Crippen molar-refractivity contribution in [3.05, 3.63) is 58.7 Å². The average molecular weight is 425 g/mol. The molecule has 0 amide bonds. The van der Waals surface area contributed by atoms with Crippen LogP contribution < -0.4 is 14.2 Å². The number of phenols is 1. The van der Waals surface area contributed by atoms with Gasteiger partial charge in [0.25, 0.3) is 0 Å². The second kappa shape index (κ2) is 10.4. The Morgan fingerprint density at radius 1 is 1.19 bits per heavy atom. The van der Waals surface area contributed by atoms with Gasteiger partial charge >= 0.3 is 0 Å². The maximum Gasteiger partial charge on any atom is 0.174 e. The number of Topliss-reactive ketones (excluding diaryl/α,β-unsaturated/α-hetero) is 1. The van der Waals surface area contributed by atoms with Crippen LogP contribution in [0, 0.1) is 0 Å². The number of methoxy groups -OCH3 is 1. The minimum atomic E-state index is -0.425. The predicted molar refractivity (Wildman–Crippen MR) is 122 cm³/mol. The first kappa shape index (κ1) is 22.7. The Kier molecular flexibility index (Phi) is 7.61. The van der Waals surface area contributed by atoms with Crippen LogP contribution >= 0.6 is 0 Å². The quantitative estimate of drug-likeness (QED) is 0.384. The van der Waals surface area contributed by atoms with E-state index in [-0.39, 0.29) is 18.0 Å². The molecule has 0 fully saturated rings. The van der Waals surface area contributed by atoms with Crippen LogP contribution in [0.25, 0.3) is 0 Å². The number of carbonyl (C=O) groups is 1. The molecule has 0 radical (unpaired) electrons. The second-order valence-corrected chi connectivity index (χ2v) is 8.13. The molecule has 1 aliphatic rings. The summed E-state index contributed by atoms with van der Waals surface area (Å²) in [7, 11) is 1.56. The van der Waals surface area contributed by atoms with Gasteiger partial charge < -0.3 is 19.3 Å². The lowest BCUT2D eigenvalue weighted by molar-refractivity contribution is 0.0841. The van der Waals surface area contributed by atoms with Crippen molar-refractivity contribution in [3.8, 4) is 23.0 Å². The van der Waals surface area contributed by atoms with Gasteiger partial charge in [0.15, 0.2) is 5.78 Å². The molecule has 3 rings (SSSR count). The van der Waals surface area contributed by atoms with Gasteiger partial charge in [-0.05, 0) is 44.4 Å². The highest BCUT2D eigenvalue weighted by Crippen LogP contribution is 2.46. The molecule has 1 heterocycles. The van der Waals surface area contributed by atoms with Gasteiger partial charge in [0, 0.05) is 11.6 Å². The summed E-state index contributed by atoms with van der Waals surface area (Å²) in [6.45, 7) is 6.85. The molecule has 2 aromatic rings. The monoisotopic (exact) mass is 424 g/mol. The lowest BCUT2D eigenvalue weighted by atomic mass is 9.92. The number of ketones is 1. The van der Waals surface area contributed by atoms with E-state index < -0.39 is 6.10 Å².